The minimum atomic E-state index is 0.274. The summed E-state index contributed by atoms with van der Waals surface area (Å²) in [5.41, 5.74) is 8.95. The number of hydrogen-bond donors (Lipinski definition) is 1. The van der Waals surface area contributed by atoms with E-state index in [2.05, 4.69) is 49.9 Å². The standard InChI is InChI=1S/C17H28N2/c1-4-16(18)11-15-7-5-6-8-17(15)19(13(2)3)12-14-9-10-14/h5-8,13-14,16H,4,9-12,18H2,1-3H3. The van der Waals surface area contributed by atoms with Gasteiger partial charge in [0.1, 0.15) is 0 Å². The first kappa shape index (κ1) is 14.4. The molecule has 1 saturated carbocycles. The van der Waals surface area contributed by atoms with Gasteiger partial charge in [-0.15, -0.1) is 0 Å². The maximum absolute atomic E-state index is 6.15. The van der Waals surface area contributed by atoms with Crippen LogP contribution < -0.4 is 10.6 Å². The van der Waals surface area contributed by atoms with E-state index >= 15 is 0 Å². The highest BCUT2D eigenvalue weighted by Gasteiger charge is 2.26. The highest BCUT2D eigenvalue weighted by molar-refractivity contribution is 5.54. The van der Waals surface area contributed by atoms with Crippen molar-refractivity contribution in [2.75, 3.05) is 11.4 Å². The Kier molecular flexibility index (Phi) is 4.87. The van der Waals surface area contributed by atoms with Crippen molar-refractivity contribution in [3.8, 4) is 0 Å². The summed E-state index contributed by atoms with van der Waals surface area (Å²) in [6.07, 6.45) is 4.83. The van der Waals surface area contributed by atoms with Crippen molar-refractivity contribution in [1.29, 1.82) is 0 Å². The third-order valence-electron chi connectivity index (χ3n) is 4.08. The molecule has 0 aromatic heterocycles. The lowest BCUT2D eigenvalue weighted by atomic mass is 10.0. The fraction of sp³-hybridized carbons (Fsp3) is 0.647. The van der Waals surface area contributed by atoms with Crippen molar-refractivity contribution >= 4 is 5.69 Å². The average molecular weight is 260 g/mol. The Bertz CT molecular complexity index is 396. The van der Waals surface area contributed by atoms with Gasteiger partial charge in [-0.05, 0) is 57.1 Å². The van der Waals surface area contributed by atoms with Crippen molar-refractivity contribution in [3.63, 3.8) is 0 Å². The molecule has 1 aliphatic carbocycles. The second-order valence-electron chi connectivity index (χ2n) is 6.19. The number of hydrogen-bond acceptors (Lipinski definition) is 2. The van der Waals surface area contributed by atoms with Crippen molar-refractivity contribution < 1.29 is 0 Å². The SMILES string of the molecule is CCC(N)Cc1ccccc1N(CC1CC1)C(C)C. The third kappa shape index (κ3) is 3.97. The van der Waals surface area contributed by atoms with Crippen LogP contribution in [0.15, 0.2) is 24.3 Å². The van der Waals surface area contributed by atoms with Crippen molar-refractivity contribution in [1.82, 2.24) is 0 Å². The summed E-state index contributed by atoms with van der Waals surface area (Å²) in [7, 11) is 0. The molecule has 1 aromatic carbocycles. The van der Waals surface area contributed by atoms with Gasteiger partial charge in [-0.1, -0.05) is 25.1 Å². The third-order valence-corrected chi connectivity index (χ3v) is 4.08. The van der Waals surface area contributed by atoms with E-state index in [1.165, 1.54) is 30.6 Å². The Morgan fingerprint density at radius 1 is 1.26 bits per heavy atom. The van der Waals surface area contributed by atoms with Gasteiger partial charge in [-0.3, -0.25) is 0 Å². The van der Waals surface area contributed by atoms with Gasteiger partial charge in [0.15, 0.2) is 0 Å². The minimum Gasteiger partial charge on any atom is -0.369 e. The minimum absolute atomic E-state index is 0.274. The van der Waals surface area contributed by atoms with Crippen LogP contribution in [-0.4, -0.2) is 18.6 Å². The number of nitrogens with two attached hydrogens (primary N) is 1. The van der Waals surface area contributed by atoms with Crippen LogP contribution in [0.3, 0.4) is 0 Å². The first-order valence-corrected chi connectivity index (χ1v) is 7.72. The molecular weight excluding hydrogens is 232 g/mol. The molecule has 1 atom stereocenters. The Morgan fingerprint density at radius 3 is 2.53 bits per heavy atom. The molecule has 0 amide bonds. The van der Waals surface area contributed by atoms with E-state index in [9.17, 15) is 0 Å². The first-order chi connectivity index (χ1) is 9.11. The predicted octanol–water partition coefficient (Wildman–Crippen LogP) is 3.59. The molecule has 0 saturated heterocycles. The number of benzene rings is 1. The average Bonchev–Trinajstić information content (AvgIpc) is 3.20. The molecule has 0 heterocycles. The van der Waals surface area contributed by atoms with E-state index < -0.39 is 0 Å². The van der Waals surface area contributed by atoms with Crippen LogP contribution in [0.2, 0.25) is 0 Å². The van der Waals surface area contributed by atoms with Crippen LogP contribution >= 0.6 is 0 Å². The lowest BCUT2D eigenvalue weighted by Crippen LogP contribution is -2.34. The molecule has 2 N–H and O–H groups in total. The van der Waals surface area contributed by atoms with E-state index in [0.29, 0.717) is 6.04 Å². The molecule has 1 aromatic rings. The maximum atomic E-state index is 6.15. The van der Waals surface area contributed by atoms with Crippen LogP contribution in [0, 0.1) is 5.92 Å². The molecule has 0 radical (unpaired) electrons. The zero-order valence-electron chi connectivity index (χ0n) is 12.6. The van der Waals surface area contributed by atoms with E-state index in [0.717, 1.165) is 18.8 Å². The van der Waals surface area contributed by atoms with E-state index in [1.54, 1.807) is 0 Å². The summed E-state index contributed by atoms with van der Waals surface area (Å²) >= 11 is 0. The Labute approximate surface area is 118 Å². The molecule has 19 heavy (non-hydrogen) atoms. The van der Waals surface area contributed by atoms with Gasteiger partial charge in [0, 0.05) is 24.3 Å². The molecule has 2 nitrogen and oxygen atoms in total. The summed E-state index contributed by atoms with van der Waals surface area (Å²) in [4.78, 5) is 2.56. The van der Waals surface area contributed by atoms with Gasteiger partial charge in [0.05, 0.1) is 0 Å². The Morgan fingerprint density at radius 2 is 1.95 bits per heavy atom. The van der Waals surface area contributed by atoms with Crippen molar-refractivity contribution in [3.05, 3.63) is 29.8 Å². The lowest BCUT2D eigenvalue weighted by molar-refractivity contribution is 0.623. The van der Waals surface area contributed by atoms with Crippen LogP contribution in [0.5, 0.6) is 0 Å². The van der Waals surface area contributed by atoms with Crippen LogP contribution in [0.25, 0.3) is 0 Å². The van der Waals surface area contributed by atoms with E-state index in [4.69, 9.17) is 5.73 Å². The van der Waals surface area contributed by atoms with Gasteiger partial charge >= 0.3 is 0 Å². The summed E-state index contributed by atoms with van der Waals surface area (Å²) in [6, 6.07) is 9.62. The van der Waals surface area contributed by atoms with Gasteiger partial charge in [-0.2, -0.15) is 0 Å². The highest BCUT2D eigenvalue weighted by atomic mass is 15.2. The van der Waals surface area contributed by atoms with E-state index in [1.807, 2.05) is 0 Å². The van der Waals surface area contributed by atoms with Crippen LogP contribution in [0.1, 0.15) is 45.6 Å². The molecule has 2 rings (SSSR count). The molecule has 0 aliphatic heterocycles. The molecule has 106 valence electrons. The van der Waals surface area contributed by atoms with Crippen molar-refractivity contribution in [2.45, 2.75) is 58.5 Å². The normalized spacial score (nSPS) is 16.7. The second-order valence-corrected chi connectivity index (χ2v) is 6.19. The zero-order chi connectivity index (χ0) is 13.8. The molecule has 1 fully saturated rings. The number of para-hydroxylation sites is 1. The van der Waals surface area contributed by atoms with E-state index in [-0.39, 0.29) is 6.04 Å². The second kappa shape index (κ2) is 6.42. The quantitative estimate of drug-likeness (QED) is 0.811. The molecule has 0 bridgehead atoms. The summed E-state index contributed by atoms with van der Waals surface area (Å²) in [5, 5.41) is 0. The highest BCUT2D eigenvalue weighted by Crippen LogP contribution is 2.33. The number of rotatable bonds is 7. The smallest absolute Gasteiger partial charge is 0.0401 e. The molecular formula is C17H28N2. The Balaban J connectivity index is 2.19. The Hall–Kier alpha value is -1.02. The lowest BCUT2D eigenvalue weighted by Gasteiger charge is -2.31. The molecule has 1 unspecified atom stereocenters. The number of nitrogens with zero attached hydrogens (tertiary/aromatic N) is 1. The van der Waals surface area contributed by atoms with Crippen LogP contribution in [-0.2, 0) is 6.42 Å². The summed E-state index contributed by atoms with van der Waals surface area (Å²) < 4.78 is 0. The summed E-state index contributed by atoms with van der Waals surface area (Å²) in [6.45, 7) is 7.95. The topological polar surface area (TPSA) is 29.3 Å². The summed E-state index contributed by atoms with van der Waals surface area (Å²) in [5.74, 6) is 0.912. The van der Waals surface area contributed by atoms with Gasteiger partial charge in [0.2, 0.25) is 0 Å². The largest absolute Gasteiger partial charge is 0.369 e. The van der Waals surface area contributed by atoms with Crippen LogP contribution in [0.4, 0.5) is 5.69 Å². The monoisotopic (exact) mass is 260 g/mol. The van der Waals surface area contributed by atoms with Crippen molar-refractivity contribution in [2.24, 2.45) is 11.7 Å². The molecule has 0 spiro atoms. The van der Waals surface area contributed by atoms with Gasteiger partial charge in [-0.25, -0.2) is 0 Å². The molecule has 1 aliphatic rings. The first-order valence-electron chi connectivity index (χ1n) is 7.72. The fourth-order valence-electron chi connectivity index (χ4n) is 2.56. The fourth-order valence-corrected chi connectivity index (χ4v) is 2.56. The van der Waals surface area contributed by atoms with Gasteiger partial charge < -0.3 is 10.6 Å². The van der Waals surface area contributed by atoms with Gasteiger partial charge in [0.25, 0.3) is 0 Å². The number of anilines is 1. The predicted molar refractivity (Wildman–Crippen MR) is 83.6 cm³/mol. The molecule has 2 heteroatoms. The maximum Gasteiger partial charge on any atom is 0.0401 e. The zero-order valence-corrected chi connectivity index (χ0v) is 12.6.